The van der Waals surface area contributed by atoms with E-state index in [1.807, 2.05) is 23.1 Å². The number of fused-ring (bicyclic) bond motifs is 1. The number of alkyl carbamates (subject to hydrolysis) is 1. The van der Waals surface area contributed by atoms with Crippen LogP contribution in [0.1, 0.15) is 71.3 Å². The van der Waals surface area contributed by atoms with Gasteiger partial charge in [-0.25, -0.2) is 9.80 Å². The maximum absolute atomic E-state index is 13.6. The fraction of sp³-hybridized carbons (Fsp3) is 0.655. The molecule has 0 bridgehead atoms. The third kappa shape index (κ3) is 6.83. The number of nitrogens with one attached hydrogen (secondary N) is 1. The number of hydrogen-bond acceptors (Lipinski definition) is 7. The SMILES string of the molecule is COc1ccc(C2=NN(C3CCN(C(=O)CCNC(=O)OC(C)(C)C)CC3)C(=O)[C@@H]3CCCC[C@H]23)cc1OC. The van der Waals surface area contributed by atoms with Crippen LogP contribution >= 0.6 is 0 Å². The molecule has 39 heavy (non-hydrogen) atoms. The highest BCUT2D eigenvalue weighted by Crippen LogP contribution is 2.40. The van der Waals surface area contributed by atoms with Crippen molar-refractivity contribution in [3.05, 3.63) is 23.8 Å². The van der Waals surface area contributed by atoms with Crippen LogP contribution in [0.3, 0.4) is 0 Å². The lowest BCUT2D eigenvalue weighted by atomic mass is 9.73. The predicted molar refractivity (Wildman–Crippen MR) is 147 cm³/mol. The maximum atomic E-state index is 13.6. The van der Waals surface area contributed by atoms with Crippen molar-refractivity contribution in [2.45, 2.75) is 77.4 Å². The van der Waals surface area contributed by atoms with Gasteiger partial charge in [0.05, 0.1) is 26.0 Å². The average molecular weight is 543 g/mol. The van der Waals surface area contributed by atoms with Crippen LogP contribution in [-0.4, -0.2) is 79.0 Å². The second kappa shape index (κ2) is 12.3. The zero-order valence-corrected chi connectivity index (χ0v) is 23.8. The van der Waals surface area contributed by atoms with E-state index in [1.165, 1.54) is 0 Å². The molecule has 3 aliphatic rings. The topological polar surface area (TPSA) is 110 Å². The maximum Gasteiger partial charge on any atom is 0.407 e. The summed E-state index contributed by atoms with van der Waals surface area (Å²) in [4.78, 5) is 40.0. The number of hydrogen-bond donors (Lipinski definition) is 1. The average Bonchev–Trinajstić information content (AvgIpc) is 2.92. The third-order valence-corrected chi connectivity index (χ3v) is 7.73. The first kappa shape index (κ1) is 28.7. The van der Waals surface area contributed by atoms with E-state index in [0.29, 0.717) is 37.4 Å². The van der Waals surface area contributed by atoms with Gasteiger partial charge in [0.1, 0.15) is 5.60 Å². The Balaban J connectivity index is 1.42. The minimum Gasteiger partial charge on any atom is -0.493 e. The van der Waals surface area contributed by atoms with Crippen molar-refractivity contribution in [3.63, 3.8) is 0 Å². The molecule has 0 radical (unpaired) electrons. The quantitative estimate of drug-likeness (QED) is 0.559. The molecule has 1 aromatic carbocycles. The van der Waals surface area contributed by atoms with Gasteiger partial charge in [-0.2, -0.15) is 5.10 Å². The number of benzene rings is 1. The Kier molecular flexibility index (Phi) is 9.02. The van der Waals surface area contributed by atoms with Crippen LogP contribution in [-0.2, 0) is 14.3 Å². The minimum absolute atomic E-state index is 0.0173. The second-order valence-corrected chi connectivity index (χ2v) is 11.5. The van der Waals surface area contributed by atoms with Crippen LogP contribution in [0.2, 0.25) is 0 Å². The number of amides is 3. The summed E-state index contributed by atoms with van der Waals surface area (Å²) in [6, 6.07) is 5.77. The number of piperidine rings is 1. The summed E-state index contributed by atoms with van der Waals surface area (Å²) < 4.78 is 16.2. The van der Waals surface area contributed by atoms with Crippen LogP contribution in [0.25, 0.3) is 0 Å². The zero-order valence-electron chi connectivity index (χ0n) is 23.8. The van der Waals surface area contributed by atoms with E-state index in [0.717, 1.165) is 37.0 Å². The van der Waals surface area contributed by atoms with Crippen molar-refractivity contribution < 1.29 is 28.6 Å². The smallest absolute Gasteiger partial charge is 0.407 e. The first-order valence-corrected chi connectivity index (χ1v) is 14.0. The number of carbonyl (C=O) groups is 3. The van der Waals surface area contributed by atoms with Crippen molar-refractivity contribution in [1.29, 1.82) is 0 Å². The highest BCUT2D eigenvalue weighted by atomic mass is 16.6. The van der Waals surface area contributed by atoms with E-state index in [-0.39, 0.29) is 42.7 Å². The lowest BCUT2D eigenvalue weighted by molar-refractivity contribution is -0.143. The Hall–Kier alpha value is -3.30. The van der Waals surface area contributed by atoms with Crippen molar-refractivity contribution >= 4 is 23.6 Å². The van der Waals surface area contributed by atoms with Gasteiger partial charge in [0.15, 0.2) is 11.5 Å². The fourth-order valence-electron chi connectivity index (χ4n) is 5.80. The van der Waals surface area contributed by atoms with Gasteiger partial charge in [0.2, 0.25) is 11.8 Å². The largest absolute Gasteiger partial charge is 0.493 e. The molecule has 2 fully saturated rings. The molecule has 10 nitrogen and oxygen atoms in total. The Bertz CT molecular complexity index is 1090. The molecule has 2 atom stereocenters. The van der Waals surface area contributed by atoms with Gasteiger partial charge in [0, 0.05) is 43.5 Å². The Morgan fingerprint density at radius 2 is 1.67 bits per heavy atom. The van der Waals surface area contributed by atoms with Crippen LogP contribution < -0.4 is 14.8 Å². The lowest BCUT2D eigenvalue weighted by Crippen LogP contribution is -2.53. The van der Waals surface area contributed by atoms with Gasteiger partial charge in [-0.15, -0.1) is 0 Å². The molecular formula is C29H42N4O6. The highest BCUT2D eigenvalue weighted by molar-refractivity contribution is 6.07. The number of hydrazone groups is 1. The first-order chi connectivity index (χ1) is 18.6. The van der Waals surface area contributed by atoms with Gasteiger partial charge in [0.25, 0.3) is 0 Å². The summed E-state index contributed by atoms with van der Waals surface area (Å²) in [6.07, 6.45) is 4.96. The molecule has 1 N–H and O–H groups in total. The number of methoxy groups -OCH3 is 2. The third-order valence-electron chi connectivity index (χ3n) is 7.73. The number of ether oxygens (including phenoxy) is 3. The molecule has 214 valence electrons. The van der Waals surface area contributed by atoms with Crippen molar-refractivity contribution in [1.82, 2.24) is 15.2 Å². The van der Waals surface area contributed by atoms with Crippen LogP contribution in [0, 0.1) is 11.8 Å². The van der Waals surface area contributed by atoms with E-state index < -0.39 is 11.7 Å². The Morgan fingerprint density at radius 3 is 2.31 bits per heavy atom. The molecule has 1 aliphatic carbocycles. The molecule has 0 unspecified atom stereocenters. The summed E-state index contributed by atoms with van der Waals surface area (Å²) in [5.74, 6) is 1.41. The number of rotatable bonds is 7. The summed E-state index contributed by atoms with van der Waals surface area (Å²) in [5, 5.41) is 9.33. The van der Waals surface area contributed by atoms with Crippen molar-refractivity contribution in [2.75, 3.05) is 33.9 Å². The normalized spacial score (nSPS) is 22.1. The van der Waals surface area contributed by atoms with Crippen LogP contribution in [0.15, 0.2) is 23.3 Å². The van der Waals surface area contributed by atoms with Gasteiger partial charge in [-0.1, -0.05) is 12.8 Å². The Labute approximate surface area is 231 Å². The zero-order chi connectivity index (χ0) is 28.2. The minimum atomic E-state index is -0.582. The van der Waals surface area contributed by atoms with Crippen LogP contribution in [0.4, 0.5) is 4.79 Å². The summed E-state index contributed by atoms with van der Waals surface area (Å²) in [5.41, 5.74) is 1.31. The highest BCUT2D eigenvalue weighted by Gasteiger charge is 2.44. The summed E-state index contributed by atoms with van der Waals surface area (Å²) >= 11 is 0. The number of nitrogens with zero attached hydrogens (tertiary/aromatic N) is 3. The van der Waals surface area contributed by atoms with E-state index in [9.17, 15) is 14.4 Å². The van der Waals surface area contributed by atoms with E-state index in [1.54, 1.807) is 40.0 Å². The molecule has 2 aliphatic heterocycles. The predicted octanol–water partition coefficient (Wildman–Crippen LogP) is 3.96. The molecule has 2 heterocycles. The van der Waals surface area contributed by atoms with E-state index >= 15 is 0 Å². The number of carbonyl (C=O) groups excluding carboxylic acids is 3. The summed E-state index contributed by atoms with van der Waals surface area (Å²) in [7, 11) is 3.23. The molecule has 4 rings (SSSR count). The standard InChI is InChI=1S/C29H42N4O6/c1-29(2,3)39-28(36)30-15-12-25(34)32-16-13-20(14-17-32)33-27(35)22-9-7-6-8-21(22)26(31-33)19-10-11-23(37-4)24(18-19)38-5/h10-11,18,20-22H,6-9,12-17H2,1-5H3,(H,30,36)/t21-,22+/m0/s1. The summed E-state index contributed by atoms with van der Waals surface area (Å²) in [6.45, 7) is 6.71. The van der Waals surface area contributed by atoms with Crippen molar-refractivity contribution in [2.24, 2.45) is 16.9 Å². The molecule has 0 aromatic heterocycles. The molecular weight excluding hydrogens is 500 g/mol. The van der Waals surface area contributed by atoms with Gasteiger partial charge < -0.3 is 24.4 Å². The fourth-order valence-corrected chi connectivity index (χ4v) is 5.80. The lowest BCUT2D eigenvalue weighted by Gasteiger charge is -2.43. The van der Waals surface area contributed by atoms with E-state index in [2.05, 4.69) is 5.32 Å². The van der Waals surface area contributed by atoms with Crippen LogP contribution in [0.5, 0.6) is 11.5 Å². The van der Waals surface area contributed by atoms with E-state index in [4.69, 9.17) is 19.3 Å². The molecule has 1 aromatic rings. The molecule has 10 heteroatoms. The van der Waals surface area contributed by atoms with Gasteiger partial charge in [-0.3, -0.25) is 9.59 Å². The monoisotopic (exact) mass is 542 g/mol. The molecule has 1 saturated carbocycles. The Morgan fingerprint density at radius 1 is 1.00 bits per heavy atom. The first-order valence-electron chi connectivity index (χ1n) is 14.0. The second-order valence-electron chi connectivity index (χ2n) is 11.5. The molecule has 3 amide bonds. The van der Waals surface area contributed by atoms with Gasteiger partial charge in [-0.05, 0) is 64.7 Å². The van der Waals surface area contributed by atoms with Gasteiger partial charge >= 0.3 is 6.09 Å². The van der Waals surface area contributed by atoms with Crippen molar-refractivity contribution in [3.8, 4) is 11.5 Å². The molecule has 0 spiro atoms. The number of likely N-dealkylation sites (tertiary alicyclic amines) is 1. The molecule has 1 saturated heterocycles.